The van der Waals surface area contributed by atoms with E-state index in [1.54, 1.807) is 6.20 Å². The number of nitrogens with zero attached hydrogens (tertiary/aromatic N) is 6. The molecular formula is C50H34N6OPt-2. The van der Waals surface area contributed by atoms with Crippen LogP contribution in [-0.4, -0.2) is 24.1 Å². The number of ether oxygens (including phenoxy) is 1. The van der Waals surface area contributed by atoms with Crippen LogP contribution in [0.5, 0.6) is 11.6 Å². The summed E-state index contributed by atoms with van der Waals surface area (Å²) in [5.41, 5.74) is 12.2. The summed E-state index contributed by atoms with van der Waals surface area (Å²) in [5, 5.41) is 2.13. The Morgan fingerprint density at radius 2 is 1.21 bits per heavy atom. The van der Waals surface area contributed by atoms with Crippen LogP contribution in [0.25, 0.3) is 83.5 Å². The number of imidazole rings is 1. The van der Waals surface area contributed by atoms with E-state index in [9.17, 15) is 0 Å². The summed E-state index contributed by atoms with van der Waals surface area (Å²) < 4.78 is 12.9. The first-order valence-corrected chi connectivity index (χ1v) is 19.0. The summed E-state index contributed by atoms with van der Waals surface area (Å²) >= 11 is 0. The van der Waals surface area contributed by atoms with Crippen LogP contribution in [-0.2, 0) is 26.5 Å². The van der Waals surface area contributed by atoms with Crippen molar-refractivity contribution >= 4 is 33.0 Å². The van der Waals surface area contributed by atoms with Gasteiger partial charge in [0.2, 0.25) is 0 Å². The molecule has 0 atom stereocenters. The summed E-state index contributed by atoms with van der Waals surface area (Å²) in [5.74, 6) is 1.98. The second-order valence-electron chi connectivity index (χ2n) is 15.3. The van der Waals surface area contributed by atoms with E-state index in [4.69, 9.17) is 19.7 Å². The van der Waals surface area contributed by atoms with Crippen LogP contribution in [0.3, 0.4) is 0 Å². The second kappa shape index (κ2) is 13.8. The molecule has 0 N–H and O–H groups in total. The van der Waals surface area contributed by atoms with Gasteiger partial charge in [-0.2, -0.15) is 12.1 Å². The zero-order chi connectivity index (χ0) is 38.3. The van der Waals surface area contributed by atoms with Crippen LogP contribution in [0.15, 0.2) is 152 Å². The average Bonchev–Trinajstić information content (AvgIpc) is 3.81. The van der Waals surface area contributed by atoms with Gasteiger partial charge in [0.05, 0.1) is 22.2 Å². The third-order valence-corrected chi connectivity index (χ3v) is 10.7. The van der Waals surface area contributed by atoms with Gasteiger partial charge in [0.25, 0.3) is 6.33 Å². The van der Waals surface area contributed by atoms with E-state index in [1.807, 2.05) is 41.0 Å². The minimum Gasteiger partial charge on any atom is -0.502 e. The Morgan fingerprint density at radius 3 is 1.98 bits per heavy atom. The number of pyridine rings is 1. The van der Waals surface area contributed by atoms with E-state index in [-0.39, 0.29) is 26.5 Å². The fourth-order valence-electron chi connectivity index (χ4n) is 8.13. The molecule has 5 heterocycles. The van der Waals surface area contributed by atoms with E-state index >= 15 is 0 Å². The van der Waals surface area contributed by atoms with Gasteiger partial charge >= 0.3 is 0 Å². The number of fused-ring (bicyclic) bond motifs is 10. The fourth-order valence-corrected chi connectivity index (χ4v) is 8.13. The standard InChI is InChI=1S/C50H34N6O.Pt/c1-50(2,3)49-52-45(56-43-26-11-9-22-39(43)41-24-14-28-51-48(41)56)30-46(53-49)57-33-16-12-15-32(29-33)54-31-55-42-25-10-8-21-38(42)36-19-6-4-17-34(36)35-18-5-7-20-37(35)40-23-13-27-44(54)47(40)55;/h4-28H,1-3H3;/q-2;. The van der Waals surface area contributed by atoms with Crippen molar-refractivity contribution in [2.75, 3.05) is 0 Å². The van der Waals surface area contributed by atoms with Gasteiger partial charge in [-0.25, -0.2) is 9.97 Å². The largest absolute Gasteiger partial charge is 0.502 e. The van der Waals surface area contributed by atoms with Gasteiger partial charge in [-0.15, -0.1) is 12.1 Å². The van der Waals surface area contributed by atoms with Gasteiger partial charge < -0.3 is 19.9 Å². The molecule has 0 bridgehead atoms. The molecule has 0 saturated carbocycles. The predicted molar refractivity (Wildman–Crippen MR) is 224 cm³/mol. The third kappa shape index (κ3) is 5.68. The Kier molecular flexibility index (Phi) is 8.47. The normalized spacial score (nSPS) is 11.9. The average molecular weight is 930 g/mol. The summed E-state index contributed by atoms with van der Waals surface area (Å²) in [7, 11) is 0. The molecule has 11 rings (SSSR count). The molecule has 0 radical (unpaired) electrons. The van der Waals surface area contributed by atoms with Crippen molar-refractivity contribution in [1.29, 1.82) is 0 Å². The van der Waals surface area contributed by atoms with Crippen LogP contribution >= 0.6 is 0 Å². The zero-order valence-electron chi connectivity index (χ0n) is 31.8. The Morgan fingerprint density at radius 1 is 0.586 bits per heavy atom. The van der Waals surface area contributed by atoms with E-state index in [0.29, 0.717) is 23.3 Å². The number of rotatable bonds is 4. The van der Waals surface area contributed by atoms with E-state index < -0.39 is 0 Å². The van der Waals surface area contributed by atoms with Crippen molar-refractivity contribution < 1.29 is 30.4 Å². The number of aromatic nitrogens is 6. The van der Waals surface area contributed by atoms with Crippen LogP contribution in [0, 0.1) is 18.5 Å². The van der Waals surface area contributed by atoms with Crippen LogP contribution < -0.4 is 9.30 Å². The Balaban J connectivity index is 0.00000408. The van der Waals surface area contributed by atoms with Crippen LogP contribution in [0.4, 0.5) is 0 Å². The van der Waals surface area contributed by atoms with Gasteiger partial charge in [0.1, 0.15) is 11.5 Å². The van der Waals surface area contributed by atoms with E-state index in [0.717, 1.165) is 61.0 Å². The molecule has 4 aromatic heterocycles. The maximum atomic E-state index is 6.59. The zero-order valence-corrected chi connectivity index (χ0v) is 34.1. The van der Waals surface area contributed by atoms with Gasteiger partial charge in [-0.3, -0.25) is 9.55 Å². The van der Waals surface area contributed by atoms with E-state index in [1.165, 1.54) is 16.7 Å². The SMILES string of the molecule is CC(C)(C)c1nc(Oc2[c-]c(-n3[c-][n+]4c5c(cccc53)-c3ccccc3-c3ccccc3-c3ccccc3-4)ccc2)[c-]c(-n2c3ccccc3c3cccnc32)n1.[Pt]. The summed E-state index contributed by atoms with van der Waals surface area (Å²) in [4.78, 5) is 14.7. The molecule has 58 heavy (non-hydrogen) atoms. The molecule has 0 spiro atoms. The van der Waals surface area contributed by atoms with E-state index in [2.05, 4.69) is 158 Å². The first-order valence-electron chi connectivity index (χ1n) is 19.0. The minimum atomic E-state index is -0.373. The van der Waals surface area contributed by atoms with Crippen molar-refractivity contribution in [3.63, 3.8) is 0 Å². The number of benzene rings is 6. The van der Waals surface area contributed by atoms with Crippen molar-refractivity contribution in [3.8, 4) is 62.2 Å². The smallest absolute Gasteiger partial charge is 0.268 e. The van der Waals surface area contributed by atoms with Crippen molar-refractivity contribution in [2.45, 2.75) is 26.2 Å². The predicted octanol–water partition coefficient (Wildman–Crippen LogP) is 11.0. The number of hydrogen-bond acceptors (Lipinski definition) is 4. The molecule has 1 aliphatic heterocycles. The van der Waals surface area contributed by atoms with Crippen LogP contribution in [0.1, 0.15) is 26.6 Å². The first kappa shape index (κ1) is 35.7. The minimum absolute atomic E-state index is 0. The van der Waals surface area contributed by atoms with Gasteiger partial charge in [0.15, 0.2) is 0 Å². The summed E-state index contributed by atoms with van der Waals surface area (Å²) in [6.07, 6.45) is 5.55. The van der Waals surface area contributed by atoms with Crippen LogP contribution in [0.2, 0.25) is 0 Å². The van der Waals surface area contributed by atoms with Crippen molar-refractivity contribution in [1.82, 2.24) is 24.1 Å². The quantitative estimate of drug-likeness (QED) is 0.130. The molecule has 7 nitrogen and oxygen atoms in total. The summed E-state index contributed by atoms with van der Waals surface area (Å²) in [6.45, 7) is 6.28. The molecule has 0 saturated heterocycles. The van der Waals surface area contributed by atoms with Gasteiger partial charge in [-0.05, 0) is 69.2 Å². The molecular weight excluding hydrogens is 896 g/mol. The van der Waals surface area contributed by atoms with Crippen molar-refractivity contribution in [2.24, 2.45) is 0 Å². The molecule has 6 aromatic carbocycles. The second-order valence-corrected chi connectivity index (χ2v) is 15.3. The molecule has 0 fully saturated rings. The monoisotopic (exact) mass is 929 g/mol. The topological polar surface area (TPSA) is 61.6 Å². The molecule has 0 amide bonds. The molecule has 0 aliphatic carbocycles. The molecule has 0 unspecified atom stereocenters. The first-order chi connectivity index (χ1) is 27.9. The van der Waals surface area contributed by atoms with Crippen molar-refractivity contribution in [3.05, 3.63) is 176 Å². The molecule has 282 valence electrons. The Hall–Kier alpha value is -6.69. The van der Waals surface area contributed by atoms with Gasteiger partial charge in [-0.1, -0.05) is 124 Å². The summed E-state index contributed by atoms with van der Waals surface area (Å²) in [6, 6.07) is 57.5. The Labute approximate surface area is 350 Å². The molecule has 8 heteroatoms. The fraction of sp³-hybridized carbons (Fsp3) is 0.0800. The Bertz CT molecular complexity index is 3180. The number of para-hydroxylation sites is 3. The third-order valence-electron chi connectivity index (χ3n) is 10.7. The number of hydrogen-bond donors (Lipinski definition) is 0. The maximum Gasteiger partial charge on any atom is 0.268 e. The molecule has 10 aromatic rings. The molecule has 1 aliphatic rings. The maximum absolute atomic E-state index is 6.59. The van der Waals surface area contributed by atoms with Gasteiger partial charge in [0, 0.05) is 55.1 Å².